The van der Waals surface area contributed by atoms with Crippen LogP contribution in [0, 0.1) is 13.8 Å². The number of carbonyl (C=O) groups is 2. The highest BCUT2D eigenvalue weighted by Gasteiger charge is 2.24. The van der Waals surface area contributed by atoms with Gasteiger partial charge in [-0.2, -0.15) is 0 Å². The quantitative estimate of drug-likeness (QED) is 0.723. The van der Waals surface area contributed by atoms with E-state index in [0.717, 1.165) is 41.0 Å². The number of benzene rings is 2. The summed E-state index contributed by atoms with van der Waals surface area (Å²) in [5.74, 6) is 0.451. The Morgan fingerprint density at radius 2 is 1.93 bits per heavy atom. The summed E-state index contributed by atoms with van der Waals surface area (Å²) in [7, 11) is 1.61. The third-order valence-electron chi connectivity index (χ3n) is 5.53. The van der Waals surface area contributed by atoms with Gasteiger partial charge in [-0.05, 0) is 61.6 Å². The van der Waals surface area contributed by atoms with Crippen LogP contribution >= 0.6 is 0 Å². The Labute approximate surface area is 178 Å². The van der Waals surface area contributed by atoms with Crippen LogP contribution in [0.5, 0.6) is 5.75 Å². The summed E-state index contributed by atoms with van der Waals surface area (Å²) in [6.07, 6.45) is 2.11. The SMILES string of the molecule is COc1ccc(CC(=O)N(CC(=O)Nc2cccc(C)c2C)C[C@H]2CCCO2)cc1. The molecule has 6 nitrogen and oxygen atoms in total. The molecule has 1 fully saturated rings. The van der Waals surface area contributed by atoms with Crippen molar-refractivity contribution in [3.63, 3.8) is 0 Å². The van der Waals surface area contributed by atoms with Crippen molar-refractivity contribution >= 4 is 17.5 Å². The van der Waals surface area contributed by atoms with Crippen LogP contribution in [0.4, 0.5) is 5.69 Å². The van der Waals surface area contributed by atoms with Gasteiger partial charge < -0.3 is 19.7 Å². The molecule has 0 aliphatic carbocycles. The molecule has 0 aromatic heterocycles. The lowest BCUT2D eigenvalue weighted by Crippen LogP contribution is -2.43. The van der Waals surface area contributed by atoms with Crippen LogP contribution in [0.15, 0.2) is 42.5 Å². The summed E-state index contributed by atoms with van der Waals surface area (Å²) < 4.78 is 10.9. The summed E-state index contributed by atoms with van der Waals surface area (Å²) in [6, 6.07) is 13.2. The van der Waals surface area contributed by atoms with E-state index in [1.807, 2.05) is 56.3 Å². The number of carbonyl (C=O) groups excluding carboxylic acids is 2. The minimum absolute atomic E-state index is 0.00221. The number of aryl methyl sites for hydroxylation is 1. The molecule has 1 aliphatic rings. The normalized spacial score (nSPS) is 15.6. The van der Waals surface area contributed by atoms with E-state index in [0.29, 0.717) is 13.2 Å². The lowest BCUT2D eigenvalue weighted by molar-refractivity contribution is -0.135. The Balaban J connectivity index is 1.68. The largest absolute Gasteiger partial charge is 0.497 e. The molecule has 30 heavy (non-hydrogen) atoms. The van der Waals surface area contributed by atoms with Gasteiger partial charge in [0.1, 0.15) is 5.75 Å². The number of nitrogens with one attached hydrogen (secondary N) is 1. The number of hydrogen-bond acceptors (Lipinski definition) is 4. The summed E-state index contributed by atoms with van der Waals surface area (Å²) in [5, 5.41) is 2.95. The molecule has 1 heterocycles. The van der Waals surface area contributed by atoms with Crippen molar-refractivity contribution in [3.05, 3.63) is 59.2 Å². The molecule has 0 unspecified atom stereocenters. The molecule has 0 bridgehead atoms. The second-order valence-electron chi connectivity index (χ2n) is 7.73. The number of ether oxygens (including phenoxy) is 2. The van der Waals surface area contributed by atoms with E-state index in [9.17, 15) is 9.59 Å². The Morgan fingerprint density at radius 1 is 1.17 bits per heavy atom. The van der Waals surface area contributed by atoms with Gasteiger partial charge in [0.05, 0.1) is 26.2 Å². The first-order valence-corrected chi connectivity index (χ1v) is 10.3. The zero-order valence-corrected chi connectivity index (χ0v) is 17.9. The fraction of sp³-hybridized carbons (Fsp3) is 0.417. The van der Waals surface area contributed by atoms with E-state index in [2.05, 4.69) is 5.32 Å². The van der Waals surface area contributed by atoms with Gasteiger partial charge in [-0.3, -0.25) is 9.59 Å². The zero-order chi connectivity index (χ0) is 21.5. The van der Waals surface area contributed by atoms with Crippen LogP contribution in [-0.4, -0.2) is 49.6 Å². The standard InChI is InChI=1S/C24H30N2O4/c1-17-6-4-8-22(18(17)2)25-23(27)16-26(15-21-7-5-13-30-21)24(28)14-19-9-11-20(29-3)12-10-19/h4,6,8-12,21H,5,7,13-16H2,1-3H3,(H,25,27)/t21-/m1/s1. The molecule has 3 rings (SSSR count). The van der Waals surface area contributed by atoms with Crippen LogP contribution < -0.4 is 10.1 Å². The van der Waals surface area contributed by atoms with E-state index in [4.69, 9.17) is 9.47 Å². The first-order valence-electron chi connectivity index (χ1n) is 10.3. The summed E-state index contributed by atoms with van der Waals surface area (Å²) >= 11 is 0. The van der Waals surface area contributed by atoms with Crippen molar-refractivity contribution < 1.29 is 19.1 Å². The van der Waals surface area contributed by atoms with Gasteiger partial charge in [0.25, 0.3) is 0 Å². The zero-order valence-electron chi connectivity index (χ0n) is 17.9. The number of nitrogens with zero attached hydrogens (tertiary/aromatic N) is 1. The average Bonchev–Trinajstić information content (AvgIpc) is 3.24. The molecule has 1 N–H and O–H groups in total. The summed E-state index contributed by atoms with van der Waals surface area (Å²) in [4.78, 5) is 27.4. The number of anilines is 1. The van der Waals surface area contributed by atoms with Crippen LogP contribution in [0.25, 0.3) is 0 Å². The molecule has 1 aliphatic heterocycles. The smallest absolute Gasteiger partial charge is 0.244 e. The Morgan fingerprint density at radius 3 is 2.60 bits per heavy atom. The first-order chi connectivity index (χ1) is 14.5. The molecule has 1 atom stereocenters. The number of hydrogen-bond donors (Lipinski definition) is 1. The number of methoxy groups -OCH3 is 1. The number of rotatable bonds is 8. The molecule has 160 valence electrons. The van der Waals surface area contributed by atoms with Crippen molar-refractivity contribution in [2.24, 2.45) is 0 Å². The Kier molecular flexibility index (Phi) is 7.46. The molecule has 6 heteroatoms. The Hall–Kier alpha value is -2.86. The summed E-state index contributed by atoms with van der Waals surface area (Å²) in [6.45, 7) is 5.12. The molecule has 1 saturated heterocycles. The van der Waals surface area contributed by atoms with Gasteiger partial charge >= 0.3 is 0 Å². The third-order valence-corrected chi connectivity index (χ3v) is 5.53. The maximum atomic E-state index is 13.0. The second-order valence-corrected chi connectivity index (χ2v) is 7.73. The van der Waals surface area contributed by atoms with Crippen LogP contribution in [-0.2, 0) is 20.7 Å². The minimum Gasteiger partial charge on any atom is -0.497 e. The van der Waals surface area contributed by atoms with Crippen molar-refractivity contribution in [1.82, 2.24) is 4.90 Å². The molecule has 2 aromatic carbocycles. The van der Waals surface area contributed by atoms with Crippen molar-refractivity contribution in [1.29, 1.82) is 0 Å². The van der Waals surface area contributed by atoms with Crippen molar-refractivity contribution in [2.45, 2.75) is 39.2 Å². The van der Waals surface area contributed by atoms with Gasteiger partial charge in [-0.25, -0.2) is 0 Å². The fourth-order valence-corrected chi connectivity index (χ4v) is 3.57. The highest BCUT2D eigenvalue weighted by Crippen LogP contribution is 2.19. The highest BCUT2D eigenvalue weighted by molar-refractivity contribution is 5.95. The van der Waals surface area contributed by atoms with Gasteiger partial charge in [0, 0.05) is 18.8 Å². The van der Waals surface area contributed by atoms with E-state index >= 15 is 0 Å². The average molecular weight is 411 g/mol. The van der Waals surface area contributed by atoms with Gasteiger partial charge in [0.15, 0.2) is 0 Å². The number of amides is 2. The fourth-order valence-electron chi connectivity index (χ4n) is 3.57. The van der Waals surface area contributed by atoms with E-state index in [-0.39, 0.29) is 30.9 Å². The monoisotopic (exact) mass is 410 g/mol. The molecule has 0 saturated carbocycles. The topological polar surface area (TPSA) is 67.9 Å². The van der Waals surface area contributed by atoms with Crippen molar-refractivity contribution in [3.8, 4) is 5.75 Å². The lowest BCUT2D eigenvalue weighted by atomic mass is 10.1. The van der Waals surface area contributed by atoms with Gasteiger partial charge in [-0.15, -0.1) is 0 Å². The predicted molar refractivity (Wildman–Crippen MR) is 117 cm³/mol. The van der Waals surface area contributed by atoms with E-state index in [1.54, 1.807) is 12.0 Å². The van der Waals surface area contributed by atoms with E-state index in [1.165, 1.54) is 0 Å². The molecular formula is C24H30N2O4. The maximum absolute atomic E-state index is 13.0. The predicted octanol–water partition coefficient (Wildman–Crippen LogP) is 3.50. The van der Waals surface area contributed by atoms with Gasteiger partial charge in [0.2, 0.25) is 11.8 Å². The van der Waals surface area contributed by atoms with Gasteiger partial charge in [-0.1, -0.05) is 24.3 Å². The summed E-state index contributed by atoms with van der Waals surface area (Å²) in [5.41, 5.74) is 3.80. The first kappa shape index (κ1) is 21.8. The van der Waals surface area contributed by atoms with Crippen LogP contribution in [0.3, 0.4) is 0 Å². The molecule has 2 amide bonds. The molecule has 2 aromatic rings. The van der Waals surface area contributed by atoms with Crippen LogP contribution in [0.2, 0.25) is 0 Å². The molecule has 0 spiro atoms. The van der Waals surface area contributed by atoms with E-state index < -0.39 is 0 Å². The maximum Gasteiger partial charge on any atom is 0.244 e. The lowest BCUT2D eigenvalue weighted by Gasteiger charge is -2.25. The Bertz CT molecular complexity index is 873. The van der Waals surface area contributed by atoms with Crippen LogP contribution in [0.1, 0.15) is 29.5 Å². The van der Waals surface area contributed by atoms with Crippen molar-refractivity contribution in [2.75, 3.05) is 32.1 Å². The molecule has 0 radical (unpaired) electrons. The second kappa shape index (κ2) is 10.3. The highest BCUT2D eigenvalue weighted by atomic mass is 16.5. The third kappa shape index (κ3) is 5.83. The molecular weight excluding hydrogens is 380 g/mol. The minimum atomic E-state index is -0.204.